The lowest BCUT2D eigenvalue weighted by Crippen LogP contribution is -2.46. The van der Waals surface area contributed by atoms with Crippen LogP contribution in [0.3, 0.4) is 0 Å². The van der Waals surface area contributed by atoms with Crippen LogP contribution in [0.1, 0.15) is 19.4 Å². The highest BCUT2D eigenvalue weighted by Crippen LogP contribution is 2.25. The van der Waals surface area contributed by atoms with Crippen molar-refractivity contribution >= 4 is 22.8 Å². The Bertz CT molecular complexity index is 811. The third kappa shape index (κ3) is 2.28. The van der Waals surface area contributed by atoms with Crippen LogP contribution < -0.4 is 16.4 Å². The van der Waals surface area contributed by atoms with Gasteiger partial charge in [0.15, 0.2) is 5.65 Å². The first-order valence-electron chi connectivity index (χ1n) is 6.98. The van der Waals surface area contributed by atoms with Gasteiger partial charge in [0.05, 0.1) is 10.5 Å². The molecule has 1 aliphatic heterocycles. The van der Waals surface area contributed by atoms with Gasteiger partial charge in [0, 0.05) is 19.3 Å². The van der Waals surface area contributed by atoms with Crippen LogP contribution in [0.25, 0.3) is 11.2 Å². The van der Waals surface area contributed by atoms with E-state index in [2.05, 4.69) is 17.2 Å². The molecule has 1 N–H and O–H groups in total. The van der Waals surface area contributed by atoms with Crippen molar-refractivity contribution in [3.8, 4) is 0 Å². The molecule has 0 bridgehead atoms. The zero-order valence-electron chi connectivity index (χ0n) is 12.0. The Kier molecular flexibility index (Phi) is 3.59. The molecular formula is C14H17ClN4O2. The summed E-state index contributed by atoms with van der Waals surface area (Å²) in [5.41, 5.74) is 0.0407. The minimum absolute atomic E-state index is 0.0242. The minimum atomic E-state index is -0.544. The van der Waals surface area contributed by atoms with Crippen molar-refractivity contribution in [3.05, 3.63) is 38.0 Å². The summed E-state index contributed by atoms with van der Waals surface area (Å²) in [6.45, 7) is 3.72. The quantitative estimate of drug-likeness (QED) is 0.795. The second-order valence-corrected chi connectivity index (χ2v) is 6.01. The third-order valence-corrected chi connectivity index (χ3v) is 4.39. The molecule has 2 aromatic rings. The first-order chi connectivity index (χ1) is 10.0. The van der Waals surface area contributed by atoms with Crippen molar-refractivity contribution < 1.29 is 0 Å². The van der Waals surface area contributed by atoms with Crippen LogP contribution >= 0.6 is 11.6 Å². The summed E-state index contributed by atoms with van der Waals surface area (Å²) in [7, 11) is 1.57. The number of halogens is 1. The number of pyridine rings is 1. The molecule has 1 fully saturated rings. The monoisotopic (exact) mass is 308 g/mol. The highest BCUT2D eigenvalue weighted by atomic mass is 35.5. The smallest absolute Gasteiger partial charge is 0.316 e. The van der Waals surface area contributed by atoms with E-state index in [1.807, 2.05) is 0 Å². The van der Waals surface area contributed by atoms with Crippen molar-refractivity contribution in [2.45, 2.75) is 19.4 Å². The lowest BCUT2D eigenvalue weighted by atomic mass is 9.95. The second kappa shape index (κ2) is 5.27. The Morgan fingerprint density at radius 3 is 2.86 bits per heavy atom. The summed E-state index contributed by atoms with van der Waals surface area (Å²) in [5.74, 6) is 0.254. The SMILES string of the molecule is CC1CNCCC1n1c(=O)c(=O)n(C)c2cc(Cl)cnc21. The summed E-state index contributed by atoms with van der Waals surface area (Å²) in [6, 6.07) is 1.65. The van der Waals surface area contributed by atoms with E-state index in [-0.39, 0.29) is 12.0 Å². The summed E-state index contributed by atoms with van der Waals surface area (Å²) in [4.78, 5) is 29.0. The number of nitrogens with zero attached hydrogens (tertiary/aromatic N) is 3. The zero-order valence-corrected chi connectivity index (χ0v) is 12.7. The maximum atomic E-state index is 12.5. The molecule has 0 saturated carbocycles. The average Bonchev–Trinajstić information content (AvgIpc) is 2.47. The minimum Gasteiger partial charge on any atom is -0.316 e. The van der Waals surface area contributed by atoms with Crippen molar-refractivity contribution in [3.63, 3.8) is 0 Å². The van der Waals surface area contributed by atoms with E-state index in [1.165, 1.54) is 10.8 Å². The fourth-order valence-corrected chi connectivity index (χ4v) is 3.15. The summed E-state index contributed by atoms with van der Waals surface area (Å²) in [5, 5.41) is 3.74. The molecular weight excluding hydrogens is 292 g/mol. The van der Waals surface area contributed by atoms with Crippen molar-refractivity contribution in [1.29, 1.82) is 0 Å². The van der Waals surface area contributed by atoms with Crippen LogP contribution in [0.5, 0.6) is 0 Å². The highest BCUT2D eigenvalue weighted by Gasteiger charge is 2.27. The number of aromatic nitrogens is 3. The van der Waals surface area contributed by atoms with Gasteiger partial charge in [0.2, 0.25) is 0 Å². The van der Waals surface area contributed by atoms with Crippen LogP contribution in [0.2, 0.25) is 5.02 Å². The van der Waals surface area contributed by atoms with E-state index in [0.29, 0.717) is 16.2 Å². The van der Waals surface area contributed by atoms with E-state index in [1.54, 1.807) is 17.7 Å². The second-order valence-electron chi connectivity index (χ2n) is 5.57. The standard InChI is InChI=1S/C14H17ClN4O2/c1-8-6-16-4-3-10(8)19-12-11(5-9(15)7-17-12)18(2)13(20)14(19)21/h5,7-8,10,16H,3-4,6H2,1-2H3. The Hall–Kier alpha value is -1.66. The van der Waals surface area contributed by atoms with E-state index in [4.69, 9.17) is 11.6 Å². The van der Waals surface area contributed by atoms with Crippen LogP contribution in [0.4, 0.5) is 0 Å². The van der Waals surface area contributed by atoms with Gasteiger partial charge in [-0.05, 0) is 31.5 Å². The summed E-state index contributed by atoms with van der Waals surface area (Å²) < 4.78 is 2.87. The van der Waals surface area contributed by atoms with Crippen LogP contribution in [0, 0.1) is 5.92 Å². The molecule has 0 radical (unpaired) electrons. The zero-order chi connectivity index (χ0) is 15.1. The third-order valence-electron chi connectivity index (χ3n) is 4.18. The van der Waals surface area contributed by atoms with Gasteiger partial charge in [-0.15, -0.1) is 0 Å². The maximum Gasteiger partial charge on any atom is 0.318 e. The topological polar surface area (TPSA) is 68.9 Å². The van der Waals surface area contributed by atoms with Gasteiger partial charge in [0.25, 0.3) is 0 Å². The van der Waals surface area contributed by atoms with Crippen molar-refractivity contribution in [2.75, 3.05) is 13.1 Å². The predicted molar refractivity (Wildman–Crippen MR) is 81.9 cm³/mol. The number of piperidine rings is 1. The Balaban J connectivity index is 2.36. The molecule has 1 saturated heterocycles. The number of rotatable bonds is 1. The first-order valence-corrected chi connectivity index (χ1v) is 7.36. The van der Waals surface area contributed by atoms with E-state index in [0.717, 1.165) is 19.5 Å². The molecule has 3 heterocycles. The van der Waals surface area contributed by atoms with Gasteiger partial charge in [-0.25, -0.2) is 4.98 Å². The van der Waals surface area contributed by atoms with Crippen LogP contribution in [-0.4, -0.2) is 27.2 Å². The molecule has 7 heteroatoms. The molecule has 1 aliphatic rings. The predicted octanol–water partition coefficient (Wildman–Crippen LogP) is 0.919. The first kappa shape index (κ1) is 14.3. The largest absolute Gasteiger partial charge is 0.318 e. The molecule has 0 spiro atoms. The highest BCUT2D eigenvalue weighted by molar-refractivity contribution is 6.31. The van der Waals surface area contributed by atoms with Crippen LogP contribution in [0.15, 0.2) is 21.9 Å². The van der Waals surface area contributed by atoms with Gasteiger partial charge < -0.3 is 9.88 Å². The number of aryl methyl sites for hydroxylation is 1. The van der Waals surface area contributed by atoms with Gasteiger partial charge in [-0.3, -0.25) is 14.2 Å². The maximum absolute atomic E-state index is 12.5. The summed E-state index contributed by atoms with van der Waals surface area (Å²) in [6.07, 6.45) is 2.31. The Morgan fingerprint density at radius 1 is 1.38 bits per heavy atom. The molecule has 21 heavy (non-hydrogen) atoms. The average molecular weight is 309 g/mol. The van der Waals surface area contributed by atoms with E-state index in [9.17, 15) is 9.59 Å². The van der Waals surface area contributed by atoms with Crippen LogP contribution in [-0.2, 0) is 7.05 Å². The fraction of sp³-hybridized carbons (Fsp3) is 0.500. The number of nitrogens with one attached hydrogen (secondary N) is 1. The van der Waals surface area contributed by atoms with E-state index >= 15 is 0 Å². The van der Waals surface area contributed by atoms with Gasteiger partial charge >= 0.3 is 11.1 Å². The molecule has 6 nitrogen and oxygen atoms in total. The van der Waals surface area contributed by atoms with Crippen molar-refractivity contribution in [1.82, 2.24) is 19.4 Å². The van der Waals surface area contributed by atoms with Gasteiger partial charge in [-0.1, -0.05) is 18.5 Å². The molecule has 2 unspecified atom stereocenters. The molecule has 0 aromatic carbocycles. The van der Waals surface area contributed by atoms with E-state index < -0.39 is 11.1 Å². The Morgan fingerprint density at radius 2 is 2.14 bits per heavy atom. The molecule has 3 rings (SSSR count). The molecule has 112 valence electrons. The normalized spacial score (nSPS) is 22.6. The summed E-state index contributed by atoms with van der Waals surface area (Å²) >= 11 is 5.97. The number of hydrogen-bond acceptors (Lipinski definition) is 4. The van der Waals surface area contributed by atoms with Crippen molar-refractivity contribution in [2.24, 2.45) is 13.0 Å². The lowest BCUT2D eigenvalue weighted by molar-refractivity contribution is 0.272. The molecule has 0 amide bonds. The van der Waals surface area contributed by atoms with Gasteiger partial charge in [-0.2, -0.15) is 0 Å². The fourth-order valence-electron chi connectivity index (χ4n) is 3.00. The molecule has 2 atom stereocenters. The lowest BCUT2D eigenvalue weighted by Gasteiger charge is -2.31. The molecule has 0 aliphatic carbocycles. The number of hydrogen-bond donors (Lipinski definition) is 1. The van der Waals surface area contributed by atoms with Gasteiger partial charge in [0.1, 0.15) is 0 Å². The number of fused-ring (bicyclic) bond motifs is 1. The molecule has 2 aromatic heterocycles. The Labute approximate surface area is 126 Å².